The summed E-state index contributed by atoms with van der Waals surface area (Å²) in [6.07, 6.45) is 2.68. The largest absolute Gasteiger partial charge is 0.480 e. The van der Waals surface area contributed by atoms with Crippen molar-refractivity contribution in [3.63, 3.8) is 0 Å². The number of likely N-dealkylation sites (tertiary alicyclic amines) is 1. The summed E-state index contributed by atoms with van der Waals surface area (Å²) in [5, 5.41) is 10.3. The second-order valence-corrected chi connectivity index (χ2v) is 6.39. The maximum absolute atomic E-state index is 11.7. The van der Waals surface area contributed by atoms with Crippen LogP contribution in [0.3, 0.4) is 0 Å². The maximum atomic E-state index is 11.7. The molecule has 1 heterocycles. The molecule has 2 aromatic carbocycles. The average Bonchev–Trinajstić information content (AvgIpc) is 2.56. The van der Waals surface area contributed by atoms with E-state index in [1.165, 1.54) is 0 Å². The Morgan fingerprint density at radius 2 is 1.83 bits per heavy atom. The van der Waals surface area contributed by atoms with Crippen LogP contribution in [0.2, 0.25) is 5.02 Å². The molecule has 2 atom stereocenters. The number of rotatable bonds is 4. The summed E-state index contributed by atoms with van der Waals surface area (Å²) in [7, 11) is 0. The van der Waals surface area contributed by atoms with Crippen LogP contribution in [0.15, 0.2) is 54.6 Å². The highest BCUT2D eigenvalue weighted by Crippen LogP contribution is 2.34. The molecule has 0 amide bonds. The van der Waals surface area contributed by atoms with Gasteiger partial charge in [-0.3, -0.25) is 9.69 Å². The van der Waals surface area contributed by atoms with Gasteiger partial charge >= 0.3 is 5.97 Å². The molecule has 0 bridgehead atoms. The van der Waals surface area contributed by atoms with Gasteiger partial charge < -0.3 is 5.11 Å². The predicted molar refractivity (Wildman–Crippen MR) is 91.7 cm³/mol. The Hall–Kier alpha value is -1.84. The predicted octanol–water partition coefficient (Wildman–Crippen LogP) is 4.37. The zero-order valence-electron chi connectivity index (χ0n) is 12.9. The van der Waals surface area contributed by atoms with Gasteiger partial charge in [-0.15, -0.1) is 0 Å². The first-order chi connectivity index (χ1) is 11.2. The fourth-order valence-corrected chi connectivity index (χ4v) is 3.61. The van der Waals surface area contributed by atoms with Crippen LogP contribution in [-0.2, 0) is 4.79 Å². The minimum absolute atomic E-state index is 0.0868. The van der Waals surface area contributed by atoms with Crippen molar-refractivity contribution in [3.8, 4) is 0 Å². The van der Waals surface area contributed by atoms with E-state index in [1.54, 1.807) is 0 Å². The minimum Gasteiger partial charge on any atom is -0.480 e. The van der Waals surface area contributed by atoms with Crippen LogP contribution in [0.1, 0.15) is 36.4 Å². The lowest BCUT2D eigenvalue weighted by Crippen LogP contribution is -2.46. The lowest BCUT2D eigenvalue weighted by atomic mass is 9.92. The number of carboxylic acids is 1. The molecule has 0 aliphatic carbocycles. The molecule has 3 rings (SSSR count). The second kappa shape index (κ2) is 7.16. The molecule has 0 aromatic heterocycles. The molecule has 2 unspecified atom stereocenters. The number of carboxylic acid groups (broad SMARTS) is 1. The lowest BCUT2D eigenvalue weighted by molar-refractivity contribution is -0.145. The average molecular weight is 330 g/mol. The number of aliphatic carboxylic acids is 1. The van der Waals surface area contributed by atoms with Gasteiger partial charge in [0.2, 0.25) is 0 Å². The Balaban J connectivity index is 2.06. The second-order valence-electron chi connectivity index (χ2n) is 5.96. The number of hydrogen-bond acceptors (Lipinski definition) is 2. The molecule has 1 aliphatic rings. The number of halogens is 1. The van der Waals surface area contributed by atoms with Gasteiger partial charge in [-0.05, 0) is 42.6 Å². The number of piperidine rings is 1. The van der Waals surface area contributed by atoms with Gasteiger partial charge in [0.1, 0.15) is 6.04 Å². The summed E-state index contributed by atoms with van der Waals surface area (Å²) in [5.41, 5.74) is 2.14. The standard InChI is InChI=1S/C19H20ClNO2/c20-16-10-6-9-15(13-16)18(14-7-2-1-3-8-14)21-12-5-4-11-17(21)19(22)23/h1-3,6-10,13,17-18H,4-5,11-12H2,(H,22,23). The zero-order chi connectivity index (χ0) is 16.2. The van der Waals surface area contributed by atoms with E-state index < -0.39 is 12.0 Å². The molecule has 0 saturated carbocycles. The van der Waals surface area contributed by atoms with Crippen LogP contribution in [0, 0.1) is 0 Å². The third-order valence-corrected chi connectivity index (χ3v) is 4.68. The van der Waals surface area contributed by atoms with Gasteiger partial charge in [0.25, 0.3) is 0 Å². The van der Waals surface area contributed by atoms with E-state index >= 15 is 0 Å². The number of benzene rings is 2. The van der Waals surface area contributed by atoms with E-state index in [2.05, 4.69) is 17.0 Å². The molecular weight excluding hydrogens is 310 g/mol. The fraction of sp³-hybridized carbons (Fsp3) is 0.316. The van der Waals surface area contributed by atoms with Gasteiger partial charge in [-0.1, -0.05) is 60.5 Å². The topological polar surface area (TPSA) is 40.5 Å². The lowest BCUT2D eigenvalue weighted by Gasteiger charge is -2.39. The summed E-state index contributed by atoms with van der Waals surface area (Å²) in [5.74, 6) is -0.743. The van der Waals surface area contributed by atoms with Crippen LogP contribution in [0.5, 0.6) is 0 Å². The summed E-state index contributed by atoms with van der Waals surface area (Å²) >= 11 is 6.18. The summed E-state index contributed by atoms with van der Waals surface area (Å²) < 4.78 is 0. The summed E-state index contributed by atoms with van der Waals surface area (Å²) in [6.45, 7) is 0.781. The van der Waals surface area contributed by atoms with Crippen LogP contribution in [0.4, 0.5) is 0 Å². The third kappa shape index (κ3) is 3.57. The van der Waals surface area contributed by atoms with E-state index in [-0.39, 0.29) is 6.04 Å². The van der Waals surface area contributed by atoms with Crippen molar-refractivity contribution < 1.29 is 9.90 Å². The van der Waals surface area contributed by atoms with Gasteiger partial charge in [-0.25, -0.2) is 0 Å². The van der Waals surface area contributed by atoms with Gasteiger partial charge in [0.05, 0.1) is 6.04 Å². The van der Waals surface area contributed by atoms with E-state index in [0.717, 1.165) is 30.5 Å². The van der Waals surface area contributed by atoms with Crippen molar-refractivity contribution in [2.45, 2.75) is 31.3 Å². The van der Waals surface area contributed by atoms with Crippen LogP contribution in [-0.4, -0.2) is 28.6 Å². The van der Waals surface area contributed by atoms with Crippen molar-refractivity contribution >= 4 is 17.6 Å². The molecule has 1 fully saturated rings. The third-order valence-electron chi connectivity index (χ3n) is 4.44. The van der Waals surface area contributed by atoms with Crippen molar-refractivity contribution in [3.05, 3.63) is 70.7 Å². The van der Waals surface area contributed by atoms with E-state index in [9.17, 15) is 9.90 Å². The first-order valence-corrected chi connectivity index (χ1v) is 8.33. The smallest absolute Gasteiger partial charge is 0.320 e. The van der Waals surface area contributed by atoms with Crippen LogP contribution >= 0.6 is 11.6 Å². The highest BCUT2D eigenvalue weighted by atomic mass is 35.5. The van der Waals surface area contributed by atoms with E-state index in [4.69, 9.17) is 11.6 Å². The van der Waals surface area contributed by atoms with Crippen LogP contribution in [0.25, 0.3) is 0 Å². The zero-order valence-corrected chi connectivity index (χ0v) is 13.6. The first kappa shape index (κ1) is 16.0. The molecule has 0 radical (unpaired) electrons. The number of nitrogens with zero attached hydrogens (tertiary/aromatic N) is 1. The highest BCUT2D eigenvalue weighted by Gasteiger charge is 2.35. The minimum atomic E-state index is -0.743. The molecule has 1 aliphatic heterocycles. The Morgan fingerprint density at radius 1 is 1.09 bits per heavy atom. The van der Waals surface area contributed by atoms with E-state index in [1.807, 2.05) is 42.5 Å². The normalized spacial score (nSPS) is 20.1. The fourth-order valence-electron chi connectivity index (χ4n) is 3.42. The Kier molecular flexibility index (Phi) is 4.99. The van der Waals surface area contributed by atoms with Gasteiger partial charge in [0, 0.05) is 5.02 Å². The molecule has 3 nitrogen and oxygen atoms in total. The van der Waals surface area contributed by atoms with Crippen molar-refractivity contribution in [1.29, 1.82) is 0 Å². The quantitative estimate of drug-likeness (QED) is 0.905. The summed E-state index contributed by atoms with van der Waals surface area (Å²) in [6, 6.07) is 17.3. The molecule has 0 spiro atoms. The van der Waals surface area contributed by atoms with Crippen molar-refractivity contribution in [2.75, 3.05) is 6.54 Å². The van der Waals surface area contributed by atoms with Crippen molar-refractivity contribution in [2.24, 2.45) is 0 Å². The molecule has 4 heteroatoms. The maximum Gasteiger partial charge on any atom is 0.320 e. The van der Waals surface area contributed by atoms with Crippen molar-refractivity contribution in [1.82, 2.24) is 4.90 Å². The monoisotopic (exact) mass is 329 g/mol. The molecular formula is C19H20ClNO2. The highest BCUT2D eigenvalue weighted by molar-refractivity contribution is 6.30. The summed E-state index contributed by atoms with van der Waals surface area (Å²) in [4.78, 5) is 13.8. The Morgan fingerprint density at radius 3 is 2.52 bits per heavy atom. The molecule has 2 aromatic rings. The van der Waals surface area contributed by atoms with Crippen LogP contribution < -0.4 is 0 Å². The molecule has 1 saturated heterocycles. The Bertz CT molecular complexity index is 674. The van der Waals surface area contributed by atoms with Gasteiger partial charge in [-0.2, -0.15) is 0 Å². The number of carbonyl (C=O) groups is 1. The Labute approximate surface area is 141 Å². The van der Waals surface area contributed by atoms with E-state index in [0.29, 0.717) is 11.4 Å². The number of hydrogen-bond donors (Lipinski definition) is 1. The first-order valence-electron chi connectivity index (χ1n) is 7.96. The molecule has 120 valence electrons. The van der Waals surface area contributed by atoms with Gasteiger partial charge in [0.15, 0.2) is 0 Å². The molecule has 23 heavy (non-hydrogen) atoms. The molecule has 1 N–H and O–H groups in total. The SMILES string of the molecule is O=C(O)C1CCCCN1C(c1ccccc1)c1cccc(Cl)c1.